The maximum absolute atomic E-state index is 12.5. The molecule has 2 amide bonds. The number of rotatable bonds is 4. The Morgan fingerprint density at radius 3 is 2.91 bits per heavy atom. The Bertz CT molecular complexity index is 610. The molecule has 1 aliphatic carbocycles. The number of nitrogens with one attached hydrogen (secondary N) is 1. The van der Waals surface area contributed by atoms with Gasteiger partial charge in [0.25, 0.3) is 0 Å². The van der Waals surface area contributed by atoms with Gasteiger partial charge in [-0.1, -0.05) is 5.16 Å². The number of amides is 2. The summed E-state index contributed by atoms with van der Waals surface area (Å²) in [5.74, 6) is 2.44. The van der Waals surface area contributed by atoms with Crippen LogP contribution in [0.1, 0.15) is 56.2 Å². The number of carbonyl (C=O) groups is 2. The molecule has 3 aliphatic rings. The van der Waals surface area contributed by atoms with Crippen molar-refractivity contribution < 1.29 is 14.1 Å². The molecular formula is C16H22N4O3. The molecule has 3 fully saturated rings. The molecule has 0 spiro atoms. The van der Waals surface area contributed by atoms with Crippen LogP contribution in [0.5, 0.6) is 0 Å². The number of hydrogen-bond acceptors (Lipinski definition) is 5. The fourth-order valence-electron chi connectivity index (χ4n) is 3.56. The topological polar surface area (TPSA) is 88.3 Å². The number of carbonyl (C=O) groups excluding carboxylic acids is 2. The normalized spacial score (nSPS) is 28.0. The molecule has 4 rings (SSSR count). The van der Waals surface area contributed by atoms with Crippen LogP contribution < -0.4 is 5.32 Å². The number of aromatic nitrogens is 2. The van der Waals surface area contributed by atoms with E-state index in [-0.39, 0.29) is 17.9 Å². The van der Waals surface area contributed by atoms with Gasteiger partial charge in [-0.2, -0.15) is 4.98 Å². The molecule has 2 unspecified atom stereocenters. The van der Waals surface area contributed by atoms with Crippen molar-refractivity contribution >= 4 is 11.8 Å². The average Bonchev–Trinajstić information content (AvgIpc) is 3.16. The summed E-state index contributed by atoms with van der Waals surface area (Å²) in [7, 11) is 0. The van der Waals surface area contributed by atoms with Gasteiger partial charge < -0.3 is 14.7 Å². The summed E-state index contributed by atoms with van der Waals surface area (Å²) in [4.78, 5) is 30.2. The van der Waals surface area contributed by atoms with Crippen molar-refractivity contribution in [3.63, 3.8) is 0 Å². The lowest BCUT2D eigenvalue weighted by Gasteiger charge is -2.33. The molecule has 0 radical (unpaired) electrons. The van der Waals surface area contributed by atoms with Crippen molar-refractivity contribution in [1.82, 2.24) is 20.4 Å². The molecule has 2 saturated heterocycles. The zero-order chi connectivity index (χ0) is 15.8. The third-order valence-electron chi connectivity index (χ3n) is 5.01. The van der Waals surface area contributed by atoms with Gasteiger partial charge in [0.15, 0.2) is 5.82 Å². The third-order valence-corrected chi connectivity index (χ3v) is 5.01. The first-order valence-electron chi connectivity index (χ1n) is 8.59. The molecule has 1 saturated carbocycles. The van der Waals surface area contributed by atoms with Gasteiger partial charge in [0.1, 0.15) is 6.04 Å². The Morgan fingerprint density at radius 1 is 1.30 bits per heavy atom. The molecular weight excluding hydrogens is 296 g/mol. The van der Waals surface area contributed by atoms with E-state index in [1.165, 1.54) is 0 Å². The highest BCUT2D eigenvalue weighted by Gasteiger charge is 2.34. The second kappa shape index (κ2) is 5.94. The van der Waals surface area contributed by atoms with Gasteiger partial charge in [0.2, 0.25) is 17.7 Å². The van der Waals surface area contributed by atoms with E-state index in [9.17, 15) is 9.59 Å². The predicted molar refractivity (Wildman–Crippen MR) is 80.4 cm³/mol. The van der Waals surface area contributed by atoms with Crippen molar-refractivity contribution in [3.05, 3.63) is 11.7 Å². The summed E-state index contributed by atoms with van der Waals surface area (Å²) >= 11 is 0. The van der Waals surface area contributed by atoms with Crippen LogP contribution in [-0.4, -0.2) is 46.0 Å². The first-order valence-corrected chi connectivity index (χ1v) is 8.59. The van der Waals surface area contributed by atoms with Crippen LogP contribution in [-0.2, 0) is 16.0 Å². The Labute approximate surface area is 134 Å². The minimum atomic E-state index is -0.328. The number of piperidine rings is 1. The van der Waals surface area contributed by atoms with Crippen molar-refractivity contribution in [1.29, 1.82) is 0 Å². The molecule has 1 N–H and O–H groups in total. The Kier molecular flexibility index (Phi) is 3.79. The van der Waals surface area contributed by atoms with E-state index in [1.54, 1.807) is 0 Å². The maximum atomic E-state index is 12.5. The molecule has 0 bridgehead atoms. The zero-order valence-corrected chi connectivity index (χ0v) is 13.2. The summed E-state index contributed by atoms with van der Waals surface area (Å²) in [6, 6.07) is -0.328. The molecule has 2 atom stereocenters. The molecule has 3 heterocycles. The van der Waals surface area contributed by atoms with Gasteiger partial charge in [0.05, 0.1) is 0 Å². The van der Waals surface area contributed by atoms with Gasteiger partial charge >= 0.3 is 0 Å². The van der Waals surface area contributed by atoms with E-state index in [0.29, 0.717) is 37.1 Å². The Balaban J connectivity index is 1.34. The molecule has 7 heteroatoms. The van der Waals surface area contributed by atoms with E-state index < -0.39 is 0 Å². The van der Waals surface area contributed by atoms with Crippen LogP contribution in [0.4, 0.5) is 0 Å². The quantitative estimate of drug-likeness (QED) is 0.895. The lowest BCUT2D eigenvalue weighted by atomic mass is 9.94. The second-order valence-corrected chi connectivity index (χ2v) is 6.98. The minimum Gasteiger partial charge on any atom is -0.344 e. The van der Waals surface area contributed by atoms with Crippen LogP contribution in [0.2, 0.25) is 0 Å². The highest BCUT2D eigenvalue weighted by Crippen LogP contribution is 2.38. The van der Waals surface area contributed by atoms with E-state index in [2.05, 4.69) is 15.5 Å². The Morgan fingerprint density at radius 2 is 2.17 bits per heavy atom. The number of hydrogen-bond donors (Lipinski definition) is 1. The van der Waals surface area contributed by atoms with Crippen molar-refractivity contribution in [2.75, 3.05) is 13.1 Å². The smallest absolute Gasteiger partial charge is 0.245 e. The zero-order valence-electron chi connectivity index (χ0n) is 13.2. The highest BCUT2D eigenvalue weighted by molar-refractivity contribution is 5.90. The number of likely N-dealkylation sites (tertiary alicyclic amines) is 1. The van der Waals surface area contributed by atoms with Crippen LogP contribution in [0.15, 0.2) is 4.52 Å². The van der Waals surface area contributed by atoms with Crippen molar-refractivity contribution in [3.8, 4) is 0 Å². The molecule has 23 heavy (non-hydrogen) atoms. The summed E-state index contributed by atoms with van der Waals surface area (Å²) in [6.45, 7) is 1.49. The van der Waals surface area contributed by atoms with Gasteiger partial charge in [-0.05, 0) is 38.0 Å². The van der Waals surface area contributed by atoms with Gasteiger partial charge in [-0.25, -0.2) is 0 Å². The maximum Gasteiger partial charge on any atom is 0.245 e. The monoisotopic (exact) mass is 318 g/mol. The van der Waals surface area contributed by atoms with Crippen LogP contribution in [0, 0.1) is 5.92 Å². The molecule has 1 aromatic rings. The standard InChI is InChI=1S/C16H22N4O3/c21-13-6-5-12(17-13)16(22)20-7-1-2-10(9-20)8-14-18-15(19-23-14)11-3-4-11/h10-12H,1-9H2,(H,17,21). The SMILES string of the molecule is O=C1CCC(C(=O)N2CCCC(Cc3nc(C4CC4)no3)C2)N1. The Hall–Kier alpha value is -1.92. The lowest BCUT2D eigenvalue weighted by molar-refractivity contribution is -0.136. The summed E-state index contributed by atoms with van der Waals surface area (Å²) in [5, 5.41) is 6.82. The van der Waals surface area contributed by atoms with Crippen LogP contribution >= 0.6 is 0 Å². The average molecular weight is 318 g/mol. The van der Waals surface area contributed by atoms with Gasteiger partial charge in [-0.3, -0.25) is 9.59 Å². The van der Waals surface area contributed by atoms with Crippen molar-refractivity contribution in [2.45, 2.75) is 56.9 Å². The van der Waals surface area contributed by atoms with E-state index >= 15 is 0 Å². The van der Waals surface area contributed by atoms with Crippen LogP contribution in [0.3, 0.4) is 0 Å². The van der Waals surface area contributed by atoms with Gasteiger partial charge in [0, 0.05) is 31.8 Å². The molecule has 0 aromatic carbocycles. The first-order chi connectivity index (χ1) is 11.2. The molecule has 2 aliphatic heterocycles. The summed E-state index contributed by atoms with van der Waals surface area (Å²) in [5.41, 5.74) is 0. The third kappa shape index (κ3) is 3.23. The fraction of sp³-hybridized carbons (Fsp3) is 0.750. The van der Waals surface area contributed by atoms with E-state index in [4.69, 9.17) is 4.52 Å². The van der Waals surface area contributed by atoms with Gasteiger partial charge in [-0.15, -0.1) is 0 Å². The number of nitrogens with zero attached hydrogens (tertiary/aromatic N) is 3. The molecule has 7 nitrogen and oxygen atoms in total. The summed E-state index contributed by atoms with van der Waals surface area (Å²) in [6.07, 6.45) is 6.20. The molecule has 124 valence electrons. The van der Waals surface area contributed by atoms with E-state index in [1.807, 2.05) is 4.90 Å². The summed E-state index contributed by atoms with van der Waals surface area (Å²) < 4.78 is 5.36. The van der Waals surface area contributed by atoms with E-state index in [0.717, 1.165) is 44.5 Å². The lowest BCUT2D eigenvalue weighted by Crippen LogP contribution is -2.48. The first kappa shape index (κ1) is 14.7. The predicted octanol–water partition coefficient (Wildman–Crippen LogP) is 1.01. The highest BCUT2D eigenvalue weighted by atomic mass is 16.5. The molecule has 1 aromatic heterocycles. The van der Waals surface area contributed by atoms with Crippen molar-refractivity contribution in [2.24, 2.45) is 5.92 Å². The second-order valence-electron chi connectivity index (χ2n) is 6.98. The van der Waals surface area contributed by atoms with Crippen LogP contribution in [0.25, 0.3) is 0 Å². The fourth-order valence-corrected chi connectivity index (χ4v) is 3.56. The largest absolute Gasteiger partial charge is 0.344 e. The minimum absolute atomic E-state index is 0.0182.